The van der Waals surface area contributed by atoms with Crippen molar-refractivity contribution in [3.63, 3.8) is 0 Å². The number of rotatable bonds is 0. The third-order valence-corrected chi connectivity index (χ3v) is 5.42. The van der Waals surface area contributed by atoms with Crippen molar-refractivity contribution in [1.29, 1.82) is 0 Å². The van der Waals surface area contributed by atoms with Crippen LogP contribution in [0.1, 0.15) is 11.1 Å². The molecule has 0 unspecified atom stereocenters. The van der Waals surface area contributed by atoms with E-state index in [1.54, 1.807) is 0 Å². The van der Waals surface area contributed by atoms with Gasteiger partial charge in [0.2, 0.25) is 0 Å². The summed E-state index contributed by atoms with van der Waals surface area (Å²) in [6.07, 6.45) is 0. The molecule has 24 heavy (non-hydrogen) atoms. The van der Waals surface area contributed by atoms with Crippen LogP contribution in [0.25, 0.3) is 43.1 Å². The van der Waals surface area contributed by atoms with E-state index < -0.39 is 0 Å². The number of benzene rings is 5. The second kappa shape index (κ2) is 4.82. The molecule has 0 fully saturated rings. The summed E-state index contributed by atoms with van der Waals surface area (Å²) in [5.74, 6) is 0. The summed E-state index contributed by atoms with van der Waals surface area (Å²) in [6, 6.07) is 26.5. The Labute approximate surface area is 141 Å². The zero-order valence-corrected chi connectivity index (χ0v) is 13.9. The molecule has 0 heteroatoms. The number of hydrogen-bond donors (Lipinski definition) is 0. The third-order valence-electron chi connectivity index (χ3n) is 5.42. The third kappa shape index (κ3) is 1.68. The van der Waals surface area contributed by atoms with Crippen LogP contribution in [0, 0.1) is 13.8 Å². The lowest BCUT2D eigenvalue weighted by atomic mass is 9.88. The summed E-state index contributed by atoms with van der Waals surface area (Å²) >= 11 is 0. The summed E-state index contributed by atoms with van der Waals surface area (Å²) in [5, 5.41) is 10.9. The molecule has 0 aliphatic carbocycles. The first-order chi connectivity index (χ1) is 11.8. The molecule has 114 valence electrons. The van der Waals surface area contributed by atoms with Crippen molar-refractivity contribution in [1.82, 2.24) is 0 Å². The van der Waals surface area contributed by atoms with Gasteiger partial charge in [0, 0.05) is 0 Å². The lowest BCUT2D eigenvalue weighted by molar-refractivity contribution is 1.54. The van der Waals surface area contributed by atoms with Crippen LogP contribution in [-0.2, 0) is 0 Å². The van der Waals surface area contributed by atoms with Gasteiger partial charge in [0.1, 0.15) is 0 Å². The minimum Gasteiger partial charge on any atom is -0.0616 e. The molecular formula is C24H18. The van der Waals surface area contributed by atoms with Gasteiger partial charge in [-0.15, -0.1) is 0 Å². The standard InChI is InChI=1S/C24H18/c1-15-19-13-11-17-7-3-5-9-21(17)23(19)16(2)24-20(15)14-12-18-8-4-6-10-22(18)24/h3-14H,1-2H3. The maximum Gasteiger partial charge on any atom is -0.00668 e. The van der Waals surface area contributed by atoms with E-state index in [1.807, 2.05) is 0 Å². The van der Waals surface area contributed by atoms with Crippen LogP contribution in [0.2, 0.25) is 0 Å². The molecule has 0 N–H and O–H groups in total. The molecule has 0 aliphatic heterocycles. The summed E-state index contributed by atoms with van der Waals surface area (Å²) < 4.78 is 0. The topological polar surface area (TPSA) is 0 Å². The molecule has 0 radical (unpaired) electrons. The Morgan fingerprint density at radius 3 is 1.38 bits per heavy atom. The van der Waals surface area contributed by atoms with E-state index in [1.165, 1.54) is 54.2 Å². The Morgan fingerprint density at radius 1 is 0.417 bits per heavy atom. The van der Waals surface area contributed by atoms with Gasteiger partial charge in [-0.2, -0.15) is 0 Å². The molecule has 5 aromatic carbocycles. The van der Waals surface area contributed by atoms with Gasteiger partial charge >= 0.3 is 0 Å². The summed E-state index contributed by atoms with van der Waals surface area (Å²) in [4.78, 5) is 0. The molecule has 0 atom stereocenters. The predicted octanol–water partition coefficient (Wildman–Crippen LogP) is 6.92. The zero-order chi connectivity index (χ0) is 16.3. The van der Waals surface area contributed by atoms with Crippen molar-refractivity contribution in [3.8, 4) is 0 Å². The van der Waals surface area contributed by atoms with Crippen molar-refractivity contribution in [2.75, 3.05) is 0 Å². The summed E-state index contributed by atoms with van der Waals surface area (Å²) in [5.41, 5.74) is 2.77. The molecule has 0 aliphatic rings. The fourth-order valence-electron chi connectivity index (χ4n) is 4.25. The molecule has 0 saturated heterocycles. The number of fused-ring (bicyclic) bond motifs is 6. The minimum absolute atomic E-state index is 1.31. The summed E-state index contributed by atoms with van der Waals surface area (Å²) in [7, 11) is 0. The minimum atomic E-state index is 1.31. The Bertz CT molecular complexity index is 1160. The van der Waals surface area contributed by atoms with Gasteiger partial charge < -0.3 is 0 Å². The molecule has 0 aromatic heterocycles. The van der Waals surface area contributed by atoms with E-state index in [-0.39, 0.29) is 0 Å². The maximum absolute atomic E-state index is 2.29. The fourth-order valence-corrected chi connectivity index (χ4v) is 4.25. The van der Waals surface area contributed by atoms with Crippen molar-refractivity contribution < 1.29 is 0 Å². The van der Waals surface area contributed by atoms with Gasteiger partial charge in [0.05, 0.1) is 0 Å². The quantitative estimate of drug-likeness (QED) is 0.215. The van der Waals surface area contributed by atoms with Gasteiger partial charge in [0.15, 0.2) is 0 Å². The van der Waals surface area contributed by atoms with Crippen molar-refractivity contribution in [3.05, 3.63) is 83.9 Å². The van der Waals surface area contributed by atoms with Gasteiger partial charge in [0.25, 0.3) is 0 Å². The molecule has 0 saturated carbocycles. The average Bonchev–Trinajstić information content (AvgIpc) is 2.64. The highest BCUT2D eigenvalue weighted by Gasteiger charge is 2.13. The van der Waals surface area contributed by atoms with Crippen LogP contribution in [0.4, 0.5) is 0 Å². The predicted molar refractivity (Wildman–Crippen MR) is 106 cm³/mol. The molecule has 0 heterocycles. The Kier molecular flexibility index (Phi) is 2.72. The van der Waals surface area contributed by atoms with Crippen LogP contribution in [0.3, 0.4) is 0 Å². The largest absolute Gasteiger partial charge is 0.0616 e. The van der Waals surface area contributed by atoms with E-state index in [0.29, 0.717) is 0 Å². The monoisotopic (exact) mass is 306 g/mol. The number of aryl methyl sites for hydroxylation is 2. The Balaban J connectivity index is 2.16. The maximum atomic E-state index is 2.29. The van der Waals surface area contributed by atoms with Crippen LogP contribution >= 0.6 is 0 Å². The molecule has 0 bridgehead atoms. The van der Waals surface area contributed by atoms with Gasteiger partial charge in [-0.05, 0) is 68.1 Å². The molecular weight excluding hydrogens is 288 g/mol. The smallest absolute Gasteiger partial charge is 0.00668 e. The second-order valence-corrected chi connectivity index (χ2v) is 6.67. The van der Waals surface area contributed by atoms with E-state index in [0.717, 1.165) is 0 Å². The highest BCUT2D eigenvalue weighted by atomic mass is 14.2. The SMILES string of the molecule is Cc1c2ccc3ccccc3c2c(C)c2c1ccc1ccccc12. The van der Waals surface area contributed by atoms with Crippen molar-refractivity contribution in [2.24, 2.45) is 0 Å². The van der Waals surface area contributed by atoms with Crippen LogP contribution < -0.4 is 0 Å². The fraction of sp³-hybridized carbons (Fsp3) is 0.0833. The Morgan fingerprint density at radius 2 is 0.875 bits per heavy atom. The van der Waals surface area contributed by atoms with E-state index in [2.05, 4.69) is 86.6 Å². The van der Waals surface area contributed by atoms with Crippen molar-refractivity contribution in [2.45, 2.75) is 13.8 Å². The van der Waals surface area contributed by atoms with Gasteiger partial charge in [-0.1, -0.05) is 72.8 Å². The van der Waals surface area contributed by atoms with Gasteiger partial charge in [-0.3, -0.25) is 0 Å². The summed E-state index contributed by atoms with van der Waals surface area (Å²) in [6.45, 7) is 4.54. The van der Waals surface area contributed by atoms with Crippen molar-refractivity contribution >= 4 is 43.1 Å². The molecule has 0 spiro atoms. The zero-order valence-electron chi connectivity index (χ0n) is 13.9. The van der Waals surface area contributed by atoms with E-state index in [9.17, 15) is 0 Å². The Hall–Kier alpha value is -2.86. The first kappa shape index (κ1) is 13.6. The lowest BCUT2D eigenvalue weighted by Crippen LogP contribution is -1.91. The molecule has 5 aromatic rings. The first-order valence-electron chi connectivity index (χ1n) is 8.48. The normalized spacial score (nSPS) is 11.8. The molecule has 0 nitrogen and oxygen atoms in total. The second-order valence-electron chi connectivity index (χ2n) is 6.67. The highest BCUT2D eigenvalue weighted by molar-refractivity contribution is 6.21. The lowest BCUT2D eigenvalue weighted by Gasteiger charge is -2.16. The average molecular weight is 306 g/mol. The molecule has 0 amide bonds. The van der Waals surface area contributed by atoms with E-state index in [4.69, 9.17) is 0 Å². The van der Waals surface area contributed by atoms with Gasteiger partial charge in [-0.25, -0.2) is 0 Å². The molecule has 5 rings (SSSR count). The van der Waals surface area contributed by atoms with E-state index >= 15 is 0 Å². The van der Waals surface area contributed by atoms with Crippen LogP contribution in [0.5, 0.6) is 0 Å². The van der Waals surface area contributed by atoms with Crippen LogP contribution in [0.15, 0.2) is 72.8 Å². The first-order valence-corrected chi connectivity index (χ1v) is 8.48. The highest BCUT2D eigenvalue weighted by Crippen LogP contribution is 2.39. The van der Waals surface area contributed by atoms with Crippen LogP contribution in [-0.4, -0.2) is 0 Å². The number of hydrogen-bond acceptors (Lipinski definition) is 0.